The lowest BCUT2D eigenvalue weighted by Crippen LogP contribution is -2.36. The number of likely N-dealkylation sites (N-methyl/N-ethyl adjacent to an activating group) is 1. The number of nitrogens with zero attached hydrogens (tertiary/aromatic N) is 4. The highest BCUT2D eigenvalue weighted by atomic mass is 16.4. The summed E-state index contributed by atoms with van der Waals surface area (Å²) in [6.07, 6.45) is 3.01. The lowest BCUT2D eigenvalue weighted by Gasteiger charge is -2.25. The standard InChI is InChI=1S/C20H20N4O3/c1-13-11-14(2)24(22-13)17-8-6-15(7-9-17)19(25)23(3)18(20(26)27)16-5-4-10-21-12-16/h4-12,18H,1-3H3,(H,26,27). The van der Waals surface area contributed by atoms with Crippen molar-refractivity contribution in [2.24, 2.45) is 0 Å². The first-order chi connectivity index (χ1) is 12.9. The number of pyridine rings is 1. The van der Waals surface area contributed by atoms with Gasteiger partial charge in [-0.15, -0.1) is 0 Å². The number of carboxylic acid groups (broad SMARTS) is 1. The van der Waals surface area contributed by atoms with Crippen molar-refractivity contribution in [3.05, 3.63) is 77.4 Å². The summed E-state index contributed by atoms with van der Waals surface area (Å²) in [4.78, 5) is 29.7. The normalized spacial score (nSPS) is 11.8. The lowest BCUT2D eigenvalue weighted by molar-refractivity contribution is -0.142. The van der Waals surface area contributed by atoms with Crippen molar-refractivity contribution in [2.45, 2.75) is 19.9 Å². The number of carbonyl (C=O) groups excluding carboxylic acids is 1. The Hall–Kier alpha value is -3.48. The van der Waals surface area contributed by atoms with Crippen molar-refractivity contribution in [1.29, 1.82) is 0 Å². The van der Waals surface area contributed by atoms with Gasteiger partial charge in [0.05, 0.1) is 11.4 Å². The van der Waals surface area contributed by atoms with Crippen LogP contribution in [0.2, 0.25) is 0 Å². The number of amides is 1. The number of benzene rings is 1. The SMILES string of the molecule is Cc1cc(C)n(-c2ccc(C(=O)N(C)C(C(=O)O)c3cccnc3)cc2)n1. The zero-order valence-electron chi connectivity index (χ0n) is 15.3. The molecule has 7 nitrogen and oxygen atoms in total. The fourth-order valence-corrected chi connectivity index (χ4v) is 3.03. The molecule has 0 saturated carbocycles. The van der Waals surface area contributed by atoms with Gasteiger partial charge in [0.15, 0.2) is 6.04 Å². The number of rotatable bonds is 5. The molecule has 0 aliphatic carbocycles. The van der Waals surface area contributed by atoms with Crippen LogP contribution < -0.4 is 0 Å². The van der Waals surface area contributed by atoms with Crippen LogP contribution in [0.1, 0.15) is 33.4 Å². The molecule has 0 aliphatic heterocycles. The van der Waals surface area contributed by atoms with Gasteiger partial charge in [0.1, 0.15) is 0 Å². The molecule has 1 aromatic carbocycles. The van der Waals surface area contributed by atoms with Crippen LogP contribution in [0.5, 0.6) is 0 Å². The van der Waals surface area contributed by atoms with Crippen LogP contribution in [0, 0.1) is 13.8 Å². The van der Waals surface area contributed by atoms with E-state index in [-0.39, 0.29) is 5.91 Å². The third-order valence-electron chi connectivity index (χ3n) is 4.31. The molecule has 0 fully saturated rings. The molecule has 27 heavy (non-hydrogen) atoms. The summed E-state index contributed by atoms with van der Waals surface area (Å²) in [5.74, 6) is -1.50. The maximum Gasteiger partial charge on any atom is 0.331 e. The second kappa shape index (κ2) is 7.41. The molecule has 3 rings (SSSR count). The van der Waals surface area contributed by atoms with Crippen molar-refractivity contribution in [3.8, 4) is 5.69 Å². The lowest BCUT2D eigenvalue weighted by atomic mass is 10.1. The Morgan fingerprint density at radius 1 is 1.15 bits per heavy atom. The average molecular weight is 364 g/mol. The van der Waals surface area contributed by atoms with E-state index in [1.165, 1.54) is 18.1 Å². The highest BCUT2D eigenvalue weighted by Crippen LogP contribution is 2.22. The molecular formula is C20H20N4O3. The van der Waals surface area contributed by atoms with Crippen molar-refractivity contribution in [3.63, 3.8) is 0 Å². The van der Waals surface area contributed by atoms with Gasteiger partial charge in [0.25, 0.3) is 5.91 Å². The van der Waals surface area contributed by atoms with Crippen molar-refractivity contribution < 1.29 is 14.7 Å². The summed E-state index contributed by atoms with van der Waals surface area (Å²) in [6, 6.07) is 11.1. The van der Waals surface area contributed by atoms with Gasteiger partial charge >= 0.3 is 5.97 Å². The summed E-state index contributed by atoms with van der Waals surface area (Å²) in [5, 5.41) is 14.0. The van der Waals surface area contributed by atoms with E-state index in [1.54, 1.807) is 47.3 Å². The maximum absolute atomic E-state index is 12.8. The van der Waals surface area contributed by atoms with E-state index in [9.17, 15) is 14.7 Å². The maximum atomic E-state index is 12.8. The number of aromatic nitrogens is 3. The van der Waals surface area contributed by atoms with Crippen LogP contribution in [-0.4, -0.2) is 43.7 Å². The Bertz CT molecular complexity index is 965. The number of aliphatic carboxylic acids is 1. The Balaban J connectivity index is 1.86. The van der Waals surface area contributed by atoms with Crippen molar-refractivity contribution in [1.82, 2.24) is 19.7 Å². The predicted molar refractivity (Wildman–Crippen MR) is 99.7 cm³/mol. The van der Waals surface area contributed by atoms with Crippen LogP contribution in [0.4, 0.5) is 0 Å². The molecule has 7 heteroatoms. The van der Waals surface area contributed by atoms with Gasteiger partial charge < -0.3 is 10.0 Å². The van der Waals surface area contributed by atoms with Crippen LogP contribution in [0.25, 0.3) is 5.69 Å². The minimum atomic E-state index is -1.11. The Morgan fingerprint density at radius 2 is 1.85 bits per heavy atom. The fraction of sp³-hybridized carbons (Fsp3) is 0.200. The van der Waals surface area contributed by atoms with Gasteiger partial charge in [-0.2, -0.15) is 5.10 Å². The Labute approximate surface area is 156 Å². The molecule has 2 heterocycles. The highest BCUT2D eigenvalue weighted by molar-refractivity contribution is 5.96. The molecule has 1 atom stereocenters. The minimum absolute atomic E-state index is 0.383. The molecule has 0 radical (unpaired) electrons. The summed E-state index contributed by atoms with van der Waals surface area (Å²) in [7, 11) is 1.48. The number of carbonyl (C=O) groups is 2. The first-order valence-electron chi connectivity index (χ1n) is 8.42. The van der Waals surface area contributed by atoms with E-state index in [2.05, 4.69) is 10.1 Å². The van der Waals surface area contributed by atoms with Crippen LogP contribution >= 0.6 is 0 Å². The van der Waals surface area contributed by atoms with E-state index in [0.717, 1.165) is 17.1 Å². The van der Waals surface area contributed by atoms with Gasteiger partial charge in [-0.25, -0.2) is 9.48 Å². The largest absolute Gasteiger partial charge is 0.479 e. The van der Waals surface area contributed by atoms with Crippen molar-refractivity contribution >= 4 is 11.9 Å². The molecule has 0 saturated heterocycles. The number of hydrogen-bond acceptors (Lipinski definition) is 4. The van der Waals surface area contributed by atoms with Crippen LogP contribution in [0.15, 0.2) is 54.9 Å². The quantitative estimate of drug-likeness (QED) is 0.752. The zero-order valence-corrected chi connectivity index (χ0v) is 15.3. The Kier molecular flexibility index (Phi) is 5.03. The summed E-state index contributed by atoms with van der Waals surface area (Å²) in [6.45, 7) is 3.87. The third kappa shape index (κ3) is 3.72. The monoisotopic (exact) mass is 364 g/mol. The predicted octanol–water partition coefficient (Wildman–Crippen LogP) is 2.78. The topological polar surface area (TPSA) is 88.3 Å². The summed E-state index contributed by atoms with van der Waals surface area (Å²) >= 11 is 0. The molecule has 0 spiro atoms. The zero-order chi connectivity index (χ0) is 19.6. The molecule has 0 aliphatic rings. The number of aryl methyl sites for hydroxylation is 2. The van der Waals surface area contributed by atoms with E-state index >= 15 is 0 Å². The first kappa shape index (κ1) is 18.3. The van der Waals surface area contributed by atoms with Gasteiger partial charge in [0, 0.05) is 36.3 Å². The van der Waals surface area contributed by atoms with Crippen LogP contribution in [0.3, 0.4) is 0 Å². The molecule has 2 aromatic heterocycles. The summed E-state index contributed by atoms with van der Waals surface area (Å²) < 4.78 is 1.79. The third-order valence-corrected chi connectivity index (χ3v) is 4.31. The van der Waals surface area contributed by atoms with E-state index in [0.29, 0.717) is 11.1 Å². The molecule has 138 valence electrons. The summed E-state index contributed by atoms with van der Waals surface area (Å²) in [5.41, 5.74) is 3.58. The highest BCUT2D eigenvalue weighted by Gasteiger charge is 2.29. The minimum Gasteiger partial charge on any atom is -0.479 e. The Morgan fingerprint density at radius 3 is 2.37 bits per heavy atom. The first-order valence-corrected chi connectivity index (χ1v) is 8.42. The smallest absolute Gasteiger partial charge is 0.331 e. The van der Waals surface area contributed by atoms with Gasteiger partial charge in [-0.1, -0.05) is 6.07 Å². The second-order valence-electron chi connectivity index (χ2n) is 6.33. The number of hydrogen-bond donors (Lipinski definition) is 1. The second-order valence-corrected chi connectivity index (χ2v) is 6.33. The van der Waals surface area contributed by atoms with Gasteiger partial charge in [-0.05, 0) is 50.2 Å². The van der Waals surface area contributed by atoms with Crippen molar-refractivity contribution in [2.75, 3.05) is 7.05 Å². The molecule has 3 aromatic rings. The fourth-order valence-electron chi connectivity index (χ4n) is 3.03. The van der Waals surface area contributed by atoms with E-state index in [4.69, 9.17) is 0 Å². The molecule has 1 N–H and O–H groups in total. The van der Waals surface area contributed by atoms with E-state index in [1.807, 2.05) is 19.9 Å². The van der Waals surface area contributed by atoms with E-state index < -0.39 is 12.0 Å². The number of carboxylic acids is 1. The van der Waals surface area contributed by atoms with Crippen LogP contribution in [-0.2, 0) is 4.79 Å². The molecule has 0 bridgehead atoms. The molecule has 1 unspecified atom stereocenters. The van der Waals surface area contributed by atoms with Gasteiger partial charge in [-0.3, -0.25) is 9.78 Å². The molecule has 1 amide bonds. The van der Waals surface area contributed by atoms with Gasteiger partial charge in [0.2, 0.25) is 0 Å². The average Bonchev–Trinajstić information content (AvgIpc) is 3.00. The molecular weight excluding hydrogens is 344 g/mol.